The second-order valence-corrected chi connectivity index (χ2v) is 4.81. The van der Waals surface area contributed by atoms with Crippen molar-refractivity contribution >= 4 is 17.3 Å². The molecule has 7 nitrogen and oxygen atoms in total. The summed E-state index contributed by atoms with van der Waals surface area (Å²) >= 11 is 0. The van der Waals surface area contributed by atoms with Crippen molar-refractivity contribution in [2.45, 2.75) is 26.5 Å². The normalized spacial score (nSPS) is 17.0. The van der Waals surface area contributed by atoms with Crippen LogP contribution in [0.25, 0.3) is 0 Å². The molecule has 0 radical (unpaired) electrons. The monoisotopic (exact) mass is 294 g/mol. The van der Waals surface area contributed by atoms with Gasteiger partial charge in [-0.15, -0.1) is 0 Å². The molecule has 1 fully saturated rings. The highest BCUT2D eigenvalue weighted by atomic mass is 16.6. The van der Waals surface area contributed by atoms with Crippen molar-refractivity contribution in [3.05, 3.63) is 33.4 Å². The summed E-state index contributed by atoms with van der Waals surface area (Å²) in [6, 6.07) is 2.77. The molecule has 114 valence electrons. The summed E-state index contributed by atoms with van der Waals surface area (Å²) in [4.78, 5) is 24.4. The standard InChI is InChI=1S/C14H18N2O5/c1-4-20-14(17)10-5-6-11(16(18)19)13(9(10)2)15(3)12-7-8-21-12/h5-6,12H,4,7-8H2,1-3H3/t12-/m0/s1. The van der Waals surface area contributed by atoms with E-state index in [4.69, 9.17) is 9.47 Å². The van der Waals surface area contributed by atoms with Gasteiger partial charge in [-0.05, 0) is 25.5 Å². The maximum absolute atomic E-state index is 11.9. The van der Waals surface area contributed by atoms with Gasteiger partial charge in [0.05, 0.1) is 23.7 Å². The summed E-state index contributed by atoms with van der Waals surface area (Å²) in [5, 5.41) is 11.2. The fraction of sp³-hybridized carbons (Fsp3) is 0.500. The van der Waals surface area contributed by atoms with Crippen LogP contribution in [0.5, 0.6) is 0 Å². The third-order valence-corrected chi connectivity index (χ3v) is 3.56. The van der Waals surface area contributed by atoms with Gasteiger partial charge in [0.25, 0.3) is 5.69 Å². The van der Waals surface area contributed by atoms with Gasteiger partial charge in [0, 0.05) is 19.5 Å². The van der Waals surface area contributed by atoms with E-state index >= 15 is 0 Å². The van der Waals surface area contributed by atoms with Gasteiger partial charge in [-0.1, -0.05) is 0 Å². The first kappa shape index (κ1) is 15.2. The number of ether oxygens (including phenoxy) is 2. The lowest BCUT2D eigenvalue weighted by Crippen LogP contribution is -2.43. The van der Waals surface area contributed by atoms with E-state index in [1.165, 1.54) is 12.1 Å². The first-order valence-corrected chi connectivity index (χ1v) is 6.77. The summed E-state index contributed by atoms with van der Waals surface area (Å²) in [5.41, 5.74) is 1.22. The second-order valence-electron chi connectivity index (χ2n) is 4.81. The van der Waals surface area contributed by atoms with Crippen LogP contribution in [0.1, 0.15) is 29.3 Å². The molecule has 21 heavy (non-hydrogen) atoms. The molecule has 0 aromatic heterocycles. The largest absolute Gasteiger partial charge is 0.462 e. The zero-order valence-electron chi connectivity index (χ0n) is 12.3. The molecule has 0 N–H and O–H groups in total. The Labute approximate surface area is 122 Å². The van der Waals surface area contributed by atoms with E-state index in [0.29, 0.717) is 23.4 Å². The number of esters is 1. The average molecular weight is 294 g/mol. The number of rotatable bonds is 5. The number of anilines is 1. The smallest absolute Gasteiger partial charge is 0.338 e. The van der Waals surface area contributed by atoms with Crippen LogP contribution in [-0.2, 0) is 9.47 Å². The molecule has 1 heterocycles. The van der Waals surface area contributed by atoms with Crippen LogP contribution in [0.4, 0.5) is 11.4 Å². The van der Waals surface area contributed by atoms with Crippen LogP contribution in [0.15, 0.2) is 12.1 Å². The summed E-state index contributed by atoms with van der Waals surface area (Å²) in [7, 11) is 1.73. The van der Waals surface area contributed by atoms with Crippen molar-refractivity contribution in [2.75, 3.05) is 25.2 Å². The van der Waals surface area contributed by atoms with Crippen molar-refractivity contribution in [1.29, 1.82) is 0 Å². The van der Waals surface area contributed by atoms with Gasteiger partial charge >= 0.3 is 5.97 Å². The van der Waals surface area contributed by atoms with Gasteiger partial charge < -0.3 is 14.4 Å². The fourth-order valence-electron chi connectivity index (χ4n) is 2.38. The topological polar surface area (TPSA) is 81.9 Å². The van der Waals surface area contributed by atoms with Gasteiger partial charge in [0.15, 0.2) is 0 Å². The lowest BCUT2D eigenvalue weighted by atomic mass is 10.0. The third kappa shape index (κ3) is 2.82. The van der Waals surface area contributed by atoms with Crippen molar-refractivity contribution in [3.8, 4) is 0 Å². The number of hydrogen-bond acceptors (Lipinski definition) is 6. The fourth-order valence-corrected chi connectivity index (χ4v) is 2.38. The first-order valence-electron chi connectivity index (χ1n) is 6.77. The van der Waals surface area contributed by atoms with Crippen molar-refractivity contribution < 1.29 is 19.2 Å². The number of nitro groups is 1. The highest BCUT2D eigenvalue weighted by molar-refractivity contribution is 5.94. The average Bonchev–Trinajstić information content (AvgIpc) is 2.35. The molecular formula is C14H18N2O5. The Kier molecular flexibility index (Phi) is 4.42. The molecule has 0 amide bonds. The molecule has 0 saturated carbocycles. The van der Waals surface area contributed by atoms with E-state index in [-0.39, 0.29) is 18.5 Å². The lowest BCUT2D eigenvalue weighted by molar-refractivity contribution is -0.384. The minimum absolute atomic E-state index is 0.0430. The summed E-state index contributed by atoms with van der Waals surface area (Å²) in [6.07, 6.45) is 0.608. The van der Waals surface area contributed by atoms with E-state index < -0.39 is 10.9 Å². The Morgan fingerprint density at radius 1 is 1.57 bits per heavy atom. The number of benzene rings is 1. The van der Waals surface area contributed by atoms with Crippen LogP contribution in [0, 0.1) is 17.0 Å². The van der Waals surface area contributed by atoms with E-state index in [0.717, 1.165) is 6.42 Å². The predicted octanol–water partition coefficient (Wildman–Crippen LogP) is 2.26. The zero-order chi connectivity index (χ0) is 15.6. The maximum atomic E-state index is 11.9. The van der Waals surface area contributed by atoms with Crippen LogP contribution in [0.3, 0.4) is 0 Å². The molecule has 1 aliphatic rings. The van der Waals surface area contributed by atoms with E-state index in [1.54, 1.807) is 25.8 Å². The van der Waals surface area contributed by atoms with E-state index in [1.807, 2.05) is 0 Å². The van der Waals surface area contributed by atoms with Gasteiger partial charge in [0.2, 0.25) is 0 Å². The highest BCUT2D eigenvalue weighted by Crippen LogP contribution is 2.36. The molecule has 1 aromatic carbocycles. The molecule has 0 aliphatic carbocycles. The Bertz CT molecular complexity index is 569. The second kappa shape index (κ2) is 6.09. The molecule has 0 bridgehead atoms. The Hall–Kier alpha value is -2.15. The lowest BCUT2D eigenvalue weighted by Gasteiger charge is -2.36. The van der Waals surface area contributed by atoms with Gasteiger partial charge in [0.1, 0.15) is 11.9 Å². The van der Waals surface area contributed by atoms with Crippen molar-refractivity contribution in [1.82, 2.24) is 0 Å². The molecule has 1 saturated heterocycles. The number of hydrogen-bond donors (Lipinski definition) is 0. The van der Waals surface area contributed by atoms with Crippen LogP contribution < -0.4 is 4.90 Å². The molecule has 1 atom stereocenters. The summed E-state index contributed by atoms with van der Waals surface area (Å²) in [5.74, 6) is -0.478. The molecular weight excluding hydrogens is 276 g/mol. The number of nitrogens with zero attached hydrogens (tertiary/aromatic N) is 2. The minimum Gasteiger partial charge on any atom is -0.462 e. The summed E-state index contributed by atoms with van der Waals surface area (Å²) in [6.45, 7) is 4.29. The SMILES string of the molecule is CCOC(=O)c1ccc([N+](=O)[O-])c(N(C)[C@@H]2CCO2)c1C. The minimum atomic E-state index is -0.478. The zero-order valence-corrected chi connectivity index (χ0v) is 12.3. The van der Waals surface area contributed by atoms with Gasteiger partial charge in [-0.25, -0.2) is 4.79 Å². The Balaban J connectivity index is 2.49. The van der Waals surface area contributed by atoms with Crippen LogP contribution in [0.2, 0.25) is 0 Å². The Morgan fingerprint density at radius 3 is 2.71 bits per heavy atom. The van der Waals surface area contributed by atoms with Gasteiger partial charge in [-0.3, -0.25) is 10.1 Å². The third-order valence-electron chi connectivity index (χ3n) is 3.56. The highest BCUT2D eigenvalue weighted by Gasteiger charge is 2.31. The Morgan fingerprint density at radius 2 is 2.24 bits per heavy atom. The number of nitro benzene ring substituents is 1. The predicted molar refractivity (Wildman–Crippen MR) is 76.5 cm³/mol. The first-order chi connectivity index (χ1) is 9.97. The molecule has 0 spiro atoms. The molecule has 1 aliphatic heterocycles. The summed E-state index contributed by atoms with van der Waals surface area (Å²) < 4.78 is 10.4. The molecule has 0 unspecified atom stereocenters. The van der Waals surface area contributed by atoms with E-state index in [2.05, 4.69) is 0 Å². The van der Waals surface area contributed by atoms with Crippen molar-refractivity contribution in [3.63, 3.8) is 0 Å². The van der Waals surface area contributed by atoms with Crippen LogP contribution in [-0.4, -0.2) is 37.4 Å². The van der Waals surface area contributed by atoms with E-state index in [9.17, 15) is 14.9 Å². The maximum Gasteiger partial charge on any atom is 0.338 e. The molecule has 1 aromatic rings. The number of carbonyl (C=O) groups excluding carboxylic acids is 1. The molecule has 2 rings (SSSR count). The quantitative estimate of drug-likeness (QED) is 0.470. The molecule has 7 heteroatoms. The number of carbonyl (C=O) groups is 1. The van der Waals surface area contributed by atoms with Crippen molar-refractivity contribution in [2.24, 2.45) is 0 Å². The van der Waals surface area contributed by atoms with Crippen LogP contribution >= 0.6 is 0 Å². The van der Waals surface area contributed by atoms with Gasteiger partial charge in [-0.2, -0.15) is 0 Å².